The van der Waals surface area contributed by atoms with Crippen LogP contribution in [-0.2, 0) is 9.84 Å². The molecule has 0 spiro atoms. The number of hydrogen-bond donors (Lipinski definition) is 1. The van der Waals surface area contributed by atoms with Crippen molar-refractivity contribution in [1.82, 2.24) is 4.84 Å². The third kappa shape index (κ3) is 6.29. The first-order valence-corrected chi connectivity index (χ1v) is 6.22. The molecule has 0 unspecified atom stereocenters. The van der Waals surface area contributed by atoms with E-state index in [0.29, 0.717) is 6.42 Å². The summed E-state index contributed by atoms with van der Waals surface area (Å²) in [6, 6.07) is 0. The van der Waals surface area contributed by atoms with Gasteiger partial charge in [0.1, 0.15) is 0 Å². The molecule has 0 heterocycles. The van der Waals surface area contributed by atoms with Crippen molar-refractivity contribution in [2.24, 2.45) is 0 Å². The molecule has 78 valence electrons. The third-order valence-corrected chi connectivity index (χ3v) is 3.75. The Balaban J connectivity index is 4.02. The van der Waals surface area contributed by atoms with Crippen LogP contribution in [0.2, 0.25) is 0 Å². The Morgan fingerprint density at radius 1 is 1.54 bits per heavy atom. The Hall–Kier alpha value is 0.200. The smallest absolute Gasteiger partial charge is 0.150 e. The third-order valence-electron chi connectivity index (χ3n) is 1.67. The average molecular weight is 226 g/mol. The highest BCUT2D eigenvalue weighted by Crippen LogP contribution is 2.11. The summed E-state index contributed by atoms with van der Waals surface area (Å²) in [5.74, 6) is 0.164. The molecule has 3 nitrogen and oxygen atoms in total. The predicted octanol–water partition coefficient (Wildman–Crippen LogP) is 1.35. The summed E-state index contributed by atoms with van der Waals surface area (Å²) in [5.41, 5.74) is -0.351. The van der Waals surface area contributed by atoms with E-state index >= 15 is 0 Å². The summed E-state index contributed by atoms with van der Waals surface area (Å²) in [6.07, 6.45) is 1.89. The Morgan fingerprint density at radius 2 is 2.08 bits per heavy atom. The summed E-state index contributed by atoms with van der Waals surface area (Å²) in [4.78, 5) is 2.54. The second-order valence-electron chi connectivity index (χ2n) is 3.63. The van der Waals surface area contributed by atoms with Crippen molar-refractivity contribution < 1.29 is 8.42 Å². The first-order valence-electron chi connectivity index (χ1n) is 4.02. The molecule has 13 heavy (non-hydrogen) atoms. The van der Waals surface area contributed by atoms with Gasteiger partial charge in [0.05, 0.1) is 11.5 Å². The van der Waals surface area contributed by atoms with E-state index in [1.807, 2.05) is 13.8 Å². The number of nitrogens with one attached hydrogen (secondary N) is 1. The van der Waals surface area contributed by atoms with Crippen LogP contribution in [0.15, 0.2) is 0 Å². The summed E-state index contributed by atoms with van der Waals surface area (Å²) in [7, 11) is -2.99. The van der Waals surface area contributed by atoms with Gasteiger partial charge in [0.15, 0.2) is 9.84 Å². The minimum atomic E-state index is -2.99. The SMILES string of the molecule is [CH2][CH]CS(=O)(=O)CCC(C)(C)NCl. The van der Waals surface area contributed by atoms with Crippen LogP contribution in [0.3, 0.4) is 0 Å². The van der Waals surface area contributed by atoms with Gasteiger partial charge in [-0.2, -0.15) is 0 Å². The summed E-state index contributed by atoms with van der Waals surface area (Å²) < 4.78 is 22.5. The van der Waals surface area contributed by atoms with Crippen molar-refractivity contribution in [1.29, 1.82) is 0 Å². The van der Waals surface area contributed by atoms with Crippen molar-refractivity contribution in [2.75, 3.05) is 11.5 Å². The minimum absolute atomic E-state index is 0.0331. The molecule has 2 radical (unpaired) electrons. The zero-order chi connectivity index (χ0) is 10.5. The molecule has 0 aromatic carbocycles. The number of halogens is 1. The quantitative estimate of drug-likeness (QED) is 0.695. The molecule has 0 aliphatic rings. The van der Waals surface area contributed by atoms with E-state index in [4.69, 9.17) is 11.8 Å². The Bertz CT molecular complexity index is 237. The van der Waals surface area contributed by atoms with E-state index < -0.39 is 9.84 Å². The predicted molar refractivity (Wildman–Crippen MR) is 56.0 cm³/mol. The molecule has 0 aliphatic carbocycles. The minimum Gasteiger partial charge on any atom is -0.229 e. The lowest BCUT2D eigenvalue weighted by Crippen LogP contribution is -2.35. The fourth-order valence-corrected chi connectivity index (χ4v) is 2.16. The standard InChI is InChI=1S/C8H16ClNO2S/c1-4-6-13(11,12)7-5-8(2,3)10-9/h4,10H,1,5-7H2,2-3H3. The van der Waals surface area contributed by atoms with Gasteiger partial charge in [0.2, 0.25) is 0 Å². The summed E-state index contributed by atoms with van der Waals surface area (Å²) >= 11 is 5.43. The first-order chi connectivity index (χ1) is 5.83. The van der Waals surface area contributed by atoms with E-state index in [-0.39, 0.29) is 17.0 Å². The molecular weight excluding hydrogens is 210 g/mol. The summed E-state index contributed by atoms with van der Waals surface area (Å²) in [6.45, 7) is 7.09. The van der Waals surface area contributed by atoms with Crippen LogP contribution in [0.4, 0.5) is 0 Å². The van der Waals surface area contributed by atoms with Crippen LogP contribution >= 0.6 is 11.8 Å². The Morgan fingerprint density at radius 3 is 2.46 bits per heavy atom. The maximum Gasteiger partial charge on any atom is 0.150 e. The van der Waals surface area contributed by atoms with Crippen LogP contribution in [0.5, 0.6) is 0 Å². The van der Waals surface area contributed by atoms with Gasteiger partial charge in [-0.3, -0.25) is 0 Å². The van der Waals surface area contributed by atoms with Crippen LogP contribution in [0.1, 0.15) is 20.3 Å². The van der Waals surface area contributed by atoms with Gasteiger partial charge in [-0.25, -0.2) is 13.3 Å². The van der Waals surface area contributed by atoms with Gasteiger partial charge >= 0.3 is 0 Å². The number of hydrogen-bond acceptors (Lipinski definition) is 3. The maximum absolute atomic E-state index is 11.3. The van der Waals surface area contributed by atoms with Gasteiger partial charge < -0.3 is 0 Å². The van der Waals surface area contributed by atoms with Crippen molar-refractivity contribution in [2.45, 2.75) is 25.8 Å². The number of rotatable bonds is 6. The van der Waals surface area contributed by atoms with Gasteiger partial charge in [0.25, 0.3) is 0 Å². The molecule has 0 rings (SSSR count). The van der Waals surface area contributed by atoms with Crippen LogP contribution in [0.25, 0.3) is 0 Å². The molecule has 0 aromatic heterocycles. The first kappa shape index (κ1) is 13.2. The molecule has 0 saturated heterocycles. The van der Waals surface area contributed by atoms with Crippen molar-refractivity contribution >= 4 is 21.6 Å². The second kappa shape index (κ2) is 5.17. The highest BCUT2D eigenvalue weighted by atomic mass is 35.5. The van der Waals surface area contributed by atoms with E-state index in [2.05, 4.69) is 11.8 Å². The lowest BCUT2D eigenvalue weighted by Gasteiger charge is -2.21. The van der Waals surface area contributed by atoms with Gasteiger partial charge in [-0.1, -0.05) is 0 Å². The molecule has 0 bridgehead atoms. The molecule has 1 N–H and O–H groups in total. The zero-order valence-electron chi connectivity index (χ0n) is 8.01. The Labute approximate surface area is 85.9 Å². The normalized spacial score (nSPS) is 13.2. The fraction of sp³-hybridized carbons (Fsp3) is 0.750. The van der Waals surface area contributed by atoms with Gasteiger partial charge in [-0.05, 0) is 45.4 Å². The van der Waals surface area contributed by atoms with E-state index in [1.54, 1.807) is 0 Å². The van der Waals surface area contributed by atoms with E-state index in [1.165, 1.54) is 6.42 Å². The topological polar surface area (TPSA) is 46.2 Å². The lowest BCUT2D eigenvalue weighted by molar-refractivity contribution is 0.456. The average Bonchev–Trinajstić information content (AvgIpc) is 2.02. The van der Waals surface area contributed by atoms with Crippen LogP contribution < -0.4 is 4.84 Å². The zero-order valence-corrected chi connectivity index (χ0v) is 9.58. The van der Waals surface area contributed by atoms with Crippen molar-refractivity contribution in [3.63, 3.8) is 0 Å². The van der Waals surface area contributed by atoms with Gasteiger partial charge in [0, 0.05) is 5.54 Å². The highest BCUT2D eigenvalue weighted by molar-refractivity contribution is 7.91. The van der Waals surface area contributed by atoms with E-state index in [9.17, 15) is 8.42 Å². The van der Waals surface area contributed by atoms with E-state index in [0.717, 1.165) is 0 Å². The lowest BCUT2D eigenvalue weighted by atomic mass is 10.0. The molecule has 5 heteroatoms. The largest absolute Gasteiger partial charge is 0.229 e. The number of sulfone groups is 1. The van der Waals surface area contributed by atoms with Crippen molar-refractivity contribution in [3.8, 4) is 0 Å². The second-order valence-corrected chi connectivity index (χ2v) is 6.05. The van der Waals surface area contributed by atoms with Gasteiger partial charge in [-0.15, -0.1) is 0 Å². The molecule has 0 atom stereocenters. The fourth-order valence-electron chi connectivity index (χ4n) is 0.721. The maximum atomic E-state index is 11.3. The van der Waals surface area contributed by atoms with Crippen LogP contribution in [0, 0.1) is 13.3 Å². The summed E-state index contributed by atoms with van der Waals surface area (Å²) in [5, 5.41) is 0. The monoisotopic (exact) mass is 225 g/mol. The molecule has 0 saturated carbocycles. The molecule has 0 aliphatic heterocycles. The molecule has 0 aromatic rings. The molecular formula is C8H16ClNO2S. The molecule has 0 amide bonds. The highest BCUT2D eigenvalue weighted by Gasteiger charge is 2.20. The van der Waals surface area contributed by atoms with Crippen molar-refractivity contribution in [3.05, 3.63) is 13.3 Å². The van der Waals surface area contributed by atoms with Crippen LogP contribution in [-0.4, -0.2) is 25.5 Å². The Kier molecular flexibility index (Phi) is 5.25. The molecule has 0 fully saturated rings.